The second-order valence-electron chi connectivity index (χ2n) is 11.0. The third-order valence-corrected chi connectivity index (χ3v) is 7.69. The number of halogens is 1. The van der Waals surface area contributed by atoms with Crippen LogP contribution in [-0.4, -0.2) is 57.6 Å². The maximum absolute atomic E-state index is 15.0. The Morgan fingerprint density at radius 1 is 1.12 bits per heavy atom. The van der Waals surface area contributed by atoms with Crippen molar-refractivity contribution in [1.29, 1.82) is 0 Å². The summed E-state index contributed by atoms with van der Waals surface area (Å²) in [6.45, 7) is 9.03. The molecule has 4 rings (SSSR count). The van der Waals surface area contributed by atoms with Crippen LogP contribution in [0.5, 0.6) is 11.5 Å². The third-order valence-electron chi connectivity index (χ3n) is 6.55. The largest absolute Gasteiger partial charge is 0.453 e. The van der Waals surface area contributed by atoms with E-state index in [9.17, 15) is 14.0 Å². The number of rotatable bonds is 13. The summed E-state index contributed by atoms with van der Waals surface area (Å²) < 4.78 is 28.9. The minimum absolute atomic E-state index is 0.0115. The van der Waals surface area contributed by atoms with Crippen LogP contribution in [0.15, 0.2) is 42.7 Å². The first-order valence-corrected chi connectivity index (χ1v) is 14.8. The molecule has 0 aliphatic rings. The van der Waals surface area contributed by atoms with E-state index in [1.807, 2.05) is 45.4 Å². The van der Waals surface area contributed by atoms with Crippen LogP contribution in [-0.2, 0) is 29.5 Å². The highest BCUT2D eigenvalue weighted by atomic mass is 32.1. The average molecular weight is 596 g/mol. The molecule has 0 bridgehead atoms. The number of imidazole rings is 1. The minimum Gasteiger partial charge on any atom is -0.453 e. The molecular weight excluding hydrogens is 557 g/mol. The number of methoxy groups -OCH3 is 1. The summed E-state index contributed by atoms with van der Waals surface area (Å²) in [6, 6.07) is 8.11. The molecule has 0 aliphatic heterocycles. The molecule has 0 fully saturated rings. The summed E-state index contributed by atoms with van der Waals surface area (Å²) in [5, 5.41) is 2.94. The smallest absolute Gasteiger partial charge is 0.318 e. The molecule has 4 aromatic rings. The van der Waals surface area contributed by atoms with Crippen LogP contribution in [0, 0.1) is 11.7 Å². The summed E-state index contributed by atoms with van der Waals surface area (Å²) in [5.41, 5.74) is 2.18. The lowest BCUT2D eigenvalue weighted by atomic mass is 10.0. The van der Waals surface area contributed by atoms with Gasteiger partial charge in [-0.25, -0.2) is 14.2 Å². The zero-order valence-electron chi connectivity index (χ0n) is 24.9. The molecule has 0 saturated carbocycles. The van der Waals surface area contributed by atoms with Crippen molar-refractivity contribution in [3.63, 3.8) is 0 Å². The molecule has 0 atom stereocenters. The van der Waals surface area contributed by atoms with Crippen LogP contribution in [0.4, 0.5) is 9.18 Å². The molecule has 2 amide bonds. The lowest BCUT2D eigenvalue weighted by Crippen LogP contribution is -2.44. The minimum atomic E-state index is -0.528. The molecule has 1 N–H and O–H groups in total. The predicted molar refractivity (Wildman–Crippen MR) is 162 cm³/mol. The number of amides is 2. The lowest BCUT2D eigenvalue weighted by Gasteiger charge is -2.24. The monoisotopic (exact) mass is 595 g/mol. The zero-order chi connectivity index (χ0) is 30.4. The van der Waals surface area contributed by atoms with Gasteiger partial charge in [0.05, 0.1) is 40.1 Å². The van der Waals surface area contributed by atoms with Gasteiger partial charge in [-0.2, -0.15) is 0 Å². The summed E-state index contributed by atoms with van der Waals surface area (Å²) in [7, 11) is 3.51. The molecule has 3 aromatic heterocycles. The fourth-order valence-corrected chi connectivity index (χ4v) is 5.62. The quantitative estimate of drug-likeness (QED) is 0.193. The van der Waals surface area contributed by atoms with Crippen LogP contribution in [0.3, 0.4) is 0 Å². The van der Waals surface area contributed by atoms with E-state index in [0.717, 1.165) is 21.1 Å². The predicted octanol–water partition coefficient (Wildman–Crippen LogP) is 6.35. The number of carbonyl (C=O) groups is 2. The molecular formula is C31H38FN5O4S. The summed E-state index contributed by atoms with van der Waals surface area (Å²) in [5.74, 6) is 1.09. The van der Waals surface area contributed by atoms with E-state index < -0.39 is 5.82 Å². The van der Waals surface area contributed by atoms with Gasteiger partial charge in [-0.3, -0.25) is 9.78 Å². The Labute approximate surface area is 249 Å². The molecule has 0 spiro atoms. The van der Waals surface area contributed by atoms with Crippen molar-refractivity contribution in [2.24, 2.45) is 13.0 Å². The number of nitrogens with one attached hydrogen (secondary N) is 1. The number of fused-ring (bicyclic) bond motifs is 1. The Hall–Kier alpha value is -3.83. The molecule has 11 heteroatoms. The molecule has 9 nitrogen and oxygen atoms in total. The van der Waals surface area contributed by atoms with Gasteiger partial charge in [0.15, 0.2) is 11.6 Å². The molecule has 0 radical (unpaired) electrons. The van der Waals surface area contributed by atoms with Crippen molar-refractivity contribution in [2.75, 3.05) is 20.3 Å². The Bertz CT molecular complexity index is 1550. The number of nitrogens with zero attached hydrogens (tertiary/aromatic N) is 4. The van der Waals surface area contributed by atoms with E-state index in [-0.39, 0.29) is 35.9 Å². The van der Waals surface area contributed by atoms with Gasteiger partial charge in [-0.1, -0.05) is 19.9 Å². The number of ketones is 1. The Kier molecular flexibility index (Phi) is 10.3. The fraction of sp³-hybridized carbons (Fsp3) is 0.419. The van der Waals surface area contributed by atoms with E-state index in [1.165, 1.54) is 17.4 Å². The Morgan fingerprint density at radius 2 is 1.90 bits per heavy atom. The topological polar surface area (TPSA) is 98.6 Å². The maximum atomic E-state index is 15.0. The molecule has 224 valence electrons. The highest BCUT2D eigenvalue weighted by Gasteiger charge is 2.20. The highest BCUT2D eigenvalue weighted by molar-refractivity contribution is 7.22. The standard InChI is InChI=1S/C31H38FN5O4S/c1-19(2)13-23(38)14-21-7-8-26(24(32)15-21)41-27-9-10-33-25-16-28(42-29(25)27)30-34-17-22(36(30)5)18-37(11-12-40-6)31(39)35-20(3)4/h7-10,15-17,19-20H,11-14,18H2,1-6H3,(H,35,39). The molecule has 0 unspecified atom stereocenters. The zero-order valence-corrected chi connectivity index (χ0v) is 25.8. The first-order chi connectivity index (χ1) is 20.0. The molecule has 1 aromatic carbocycles. The average Bonchev–Trinajstić information content (AvgIpc) is 3.50. The van der Waals surface area contributed by atoms with Crippen molar-refractivity contribution in [3.05, 3.63) is 59.8 Å². The van der Waals surface area contributed by atoms with Gasteiger partial charge in [0.2, 0.25) is 0 Å². The van der Waals surface area contributed by atoms with Gasteiger partial charge < -0.3 is 24.3 Å². The van der Waals surface area contributed by atoms with Gasteiger partial charge in [-0.05, 0) is 43.5 Å². The molecule has 3 heterocycles. The van der Waals surface area contributed by atoms with Crippen molar-refractivity contribution >= 4 is 33.4 Å². The van der Waals surface area contributed by atoms with E-state index >= 15 is 0 Å². The number of benzene rings is 1. The lowest BCUT2D eigenvalue weighted by molar-refractivity contribution is -0.119. The SMILES string of the molecule is COCCN(Cc1cnc(-c2cc3nccc(Oc4ccc(CC(=O)CC(C)C)cc4F)c3s2)n1C)C(=O)NC(C)C. The van der Waals surface area contributed by atoms with Gasteiger partial charge >= 0.3 is 6.03 Å². The summed E-state index contributed by atoms with van der Waals surface area (Å²) in [6.07, 6.45) is 4.04. The second-order valence-corrected chi connectivity index (χ2v) is 12.0. The number of ether oxygens (including phenoxy) is 2. The number of carbonyl (C=O) groups excluding carboxylic acids is 2. The number of thiophene rings is 1. The second kappa shape index (κ2) is 13.9. The summed E-state index contributed by atoms with van der Waals surface area (Å²) in [4.78, 5) is 36.6. The molecule has 42 heavy (non-hydrogen) atoms. The molecule has 0 aliphatic carbocycles. The highest BCUT2D eigenvalue weighted by Crippen LogP contribution is 2.39. The van der Waals surface area contributed by atoms with Crippen molar-refractivity contribution in [3.8, 4) is 22.2 Å². The van der Waals surface area contributed by atoms with Gasteiger partial charge in [-0.15, -0.1) is 11.3 Å². The molecule has 0 saturated heterocycles. The number of hydrogen-bond acceptors (Lipinski definition) is 7. The first-order valence-electron chi connectivity index (χ1n) is 14.0. The number of Topliss-reactive ketones (excluding diaryl/α,β-unsaturated/α-hetero) is 1. The van der Waals surface area contributed by atoms with E-state index in [2.05, 4.69) is 15.3 Å². The Morgan fingerprint density at radius 3 is 2.60 bits per heavy atom. The van der Waals surface area contributed by atoms with Gasteiger partial charge in [0, 0.05) is 51.8 Å². The summed E-state index contributed by atoms with van der Waals surface area (Å²) >= 11 is 1.44. The Balaban J connectivity index is 1.55. The van der Waals surface area contributed by atoms with Crippen molar-refractivity contribution in [2.45, 2.75) is 53.1 Å². The normalized spacial score (nSPS) is 11.5. The van der Waals surface area contributed by atoms with E-state index in [1.54, 1.807) is 42.6 Å². The van der Waals surface area contributed by atoms with Gasteiger partial charge in [0.1, 0.15) is 17.4 Å². The van der Waals surface area contributed by atoms with Crippen molar-refractivity contribution in [1.82, 2.24) is 24.8 Å². The van der Waals surface area contributed by atoms with Crippen LogP contribution in [0.1, 0.15) is 45.4 Å². The number of hydrogen-bond donors (Lipinski definition) is 1. The van der Waals surface area contributed by atoms with Crippen LogP contribution >= 0.6 is 11.3 Å². The number of pyridine rings is 1. The van der Waals surface area contributed by atoms with Crippen LogP contribution in [0.25, 0.3) is 20.9 Å². The van der Waals surface area contributed by atoms with E-state index in [0.29, 0.717) is 42.9 Å². The maximum Gasteiger partial charge on any atom is 0.318 e. The van der Waals surface area contributed by atoms with Crippen molar-refractivity contribution < 1.29 is 23.5 Å². The number of urea groups is 1. The number of aromatic nitrogens is 3. The van der Waals surface area contributed by atoms with Crippen LogP contribution < -0.4 is 10.1 Å². The first kappa shape index (κ1) is 31.1. The van der Waals surface area contributed by atoms with E-state index in [4.69, 9.17) is 9.47 Å². The fourth-order valence-electron chi connectivity index (χ4n) is 4.52. The third kappa shape index (κ3) is 7.71. The van der Waals surface area contributed by atoms with Gasteiger partial charge in [0.25, 0.3) is 0 Å². The van der Waals surface area contributed by atoms with Crippen LogP contribution in [0.2, 0.25) is 0 Å².